The number of hydrogen-bond donors (Lipinski definition) is 0. The number of Topliss-reactive ketones (excluding diaryl/α,β-unsaturated/α-hetero) is 1. The molecule has 0 aliphatic heterocycles. The van der Waals surface area contributed by atoms with Gasteiger partial charge in [0.2, 0.25) is 0 Å². The molecule has 0 spiro atoms. The van der Waals surface area contributed by atoms with Gasteiger partial charge in [0, 0.05) is 25.9 Å². The van der Waals surface area contributed by atoms with Crippen LogP contribution in [0.4, 0.5) is 4.79 Å². The summed E-state index contributed by atoms with van der Waals surface area (Å²) in [7, 11) is 0. The fraction of sp³-hybridized carbons (Fsp3) is 0.619. The summed E-state index contributed by atoms with van der Waals surface area (Å²) >= 11 is 0. The zero-order valence-electron chi connectivity index (χ0n) is 16.6. The second-order valence-electron chi connectivity index (χ2n) is 8.37. The highest BCUT2D eigenvalue weighted by atomic mass is 16.6. The van der Waals surface area contributed by atoms with Gasteiger partial charge in [0.05, 0.1) is 0 Å². The molecule has 25 heavy (non-hydrogen) atoms. The first-order valence-electron chi connectivity index (χ1n) is 9.06. The SMILES string of the molecule is CCC(C)(C)CC(=O)CCN(Cc1ccccc1)C(=O)OC(C)(C)C. The van der Waals surface area contributed by atoms with Crippen molar-refractivity contribution in [2.24, 2.45) is 5.41 Å². The van der Waals surface area contributed by atoms with Gasteiger partial charge in [0.15, 0.2) is 0 Å². The standard InChI is InChI=1S/C21H33NO3/c1-7-21(5,6)15-18(23)13-14-22(19(24)25-20(2,3)4)16-17-11-9-8-10-12-17/h8-12H,7,13-16H2,1-6H3. The first-order chi connectivity index (χ1) is 11.5. The lowest BCUT2D eigenvalue weighted by Crippen LogP contribution is -2.37. The van der Waals surface area contributed by atoms with Crippen LogP contribution in [0, 0.1) is 5.41 Å². The molecule has 0 N–H and O–H groups in total. The third-order valence-electron chi connectivity index (χ3n) is 4.16. The van der Waals surface area contributed by atoms with Crippen molar-refractivity contribution in [3.05, 3.63) is 35.9 Å². The average Bonchev–Trinajstić information content (AvgIpc) is 2.50. The molecule has 0 heterocycles. The predicted octanol–water partition coefficient (Wildman–Crippen LogP) is 5.21. The van der Waals surface area contributed by atoms with Gasteiger partial charge < -0.3 is 9.64 Å². The summed E-state index contributed by atoms with van der Waals surface area (Å²) in [6, 6.07) is 9.77. The van der Waals surface area contributed by atoms with Crippen molar-refractivity contribution < 1.29 is 14.3 Å². The largest absolute Gasteiger partial charge is 0.444 e. The van der Waals surface area contributed by atoms with Crippen LogP contribution >= 0.6 is 0 Å². The van der Waals surface area contributed by atoms with E-state index in [9.17, 15) is 9.59 Å². The summed E-state index contributed by atoms with van der Waals surface area (Å²) in [5.41, 5.74) is 0.475. The number of amides is 1. The lowest BCUT2D eigenvalue weighted by molar-refractivity contribution is -0.121. The van der Waals surface area contributed by atoms with Crippen LogP contribution in [-0.4, -0.2) is 28.9 Å². The van der Waals surface area contributed by atoms with Crippen LogP contribution < -0.4 is 0 Å². The Balaban J connectivity index is 2.74. The van der Waals surface area contributed by atoms with Gasteiger partial charge in [0.25, 0.3) is 0 Å². The molecule has 0 saturated heterocycles. The summed E-state index contributed by atoms with van der Waals surface area (Å²) in [5, 5.41) is 0. The van der Waals surface area contributed by atoms with Crippen LogP contribution in [-0.2, 0) is 16.1 Å². The average molecular weight is 347 g/mol. The molecule has 0 aromatic heterocycles. The second-order valence-corrected chi connectivity index (χ2v) is 8.37. The molecule has 0 saturated carbocycles. The number of carbonyl (C=O) groups is 2. The molecule has 0 fully saturated rings. The number of ether oxygens (including phenoxy) is 1. The Morgan fingerprint density at radius 3 is 2.16 bits per heavy atom. The van der Waals surface area contributed by atoms with Crippen LogP contribution in [0.1, 0.15) is 66.4 Å². The fourth-order valence-corrected chi connectivity index (χ4v) is 2.37. The molecule has 140 valence electrons. The normalized spacial score (nSPS) is 11.9. The van der Waals surface area contributed by atoms with Gasteiger partial charge in [0.1, 0.15) is 11.4 Å². The third kappa shape index (κ3) is 8.71. The number of rotatable bonds is 8. The van der Waals surface area contributed by atoms with E-state index < -0.39 is 5.60 Å². The van der Waals surface area contributed by atoms with E-state index in [0.29, 0.717) is 25.9 Å². The van der Waals surface area contributed by atoms with Crippen molar-refractivity contribution in [2.45, 2.75) is 73.0 Å². The molecule has 1 aromatic rings. The van der Waals surface area contributed by atoms with Crippen LogP contribution in [0.3, 0.4) is 0 Å². The molecule has 1 aromatic carbocycles. The molecule has 0 radical (unpaired) electrons. The Morgan fingerprint density at radius 2 is 1.64 bits per heavy atom. The molecule has 0 unspecified atom stereocenters. The lowest BCUT2D eigenvalue weighted by Gasteiger charge is -2.28. The zero-order valence-corrected chi connectivity index (χ0v) is 16.6. The molecule has 4 heteroatoms. The fourth-order valence-electron chi connectivity index (χ4n) is 2.37. The van der Waals surface area contributed by atoms with E-state index in [1.807, 2.05) is 51.1 Å². The van der Waals surface area contributed by atoms with Gasteiger partial charge in [-0.25, -0.2) is 4.79 Å². The van der Waals surface area contributed by atoms with E-state index in [0.717, 1.165) is 12.0 Å². The molecular formula is C21H33NO3. The minimum Gasteiger partial charge on any atom is -0.444 e. The van der Waals surface area contributed by atoms with E-state index in [4.69, 9.17) is 4.74 Å². The van der Waals surface area contributed by atoms with E-state index in [1.165, 1.54) is 0 Å². The van der Waals surface area contributed by atoms with Crippen LogP contribution in [0.2, 0.25) is 0 Å². The quantitative estimate of drug-likeness (QED) is 0.648. The van der Waals surface area contributed by atoms with Crippen molar-refractivity contribution in [3.8, 4) is 0 Å². The topological polar surface area (TPSA) is 46.6 Å². The number of ketones is 1. The Kier molecular flexibility index (Phi) is 7.65. The molecule has 0 bridgehead atoms. The van der Waals surface area contributed by atoms with Gasteiger partial charge in [-0.2, -0.15) is 0 Å². The van der Waals surface area contributed by atoms with Crippen molar-refractivity contribution in [1.82, 2.24) is 4.90 Å². The Bertz CT molecular complexity index is 558. The minimum absolute atomic E-state index is 0.00720. The molecule has 0 aliphatic carbocycles. The minimum atomic E-state index is -0.555. The van der Waals surface area contributed by atoms with Gasteiger partial charge in [-0.1, -0.05) is 57.5 Å². The summed E-state index contributed by atoms with van der Waals surface area (Å²) in [6.07, 6.45) is 1.48. The van der Waals surface area contributed by atoms with Gasteiger partial charge in [-0.15, -0.1) is 0 Å². The van der Waals surface area contributed by atoms with Gasteiger partial charge >= 0.3 is 6.09 Å². The zero-order chi connectivity index (χ0) is 19.1. The monoisotopic (exact) mass is 347 g/mol. The molecule has 4 nitrogen and oxygen atoms in total. The van der Waals surface area contributed by atoms with Gasteiger partial charge in [-0.3, -0.25) is 4.79 Å². The van der Waals surface area contributed by atoms with Crippen molar-refractivity contribution in [3.63, 3.8) is 0 Å². The number of nitrogens with zero attached hydrogens (tertiary/aromatic N) is 1. The number of benzene rings is 1. The Labute approximate surface area is 152 Å². The highest BCUT2D eigenvalue weighted by Gasteiger charge is 2.24. The summed E-state index contributed by atoms with van der Waals surface area (Å²) < 4.78 is 5.50. The van der Waals surface area contributed by atoms with Crippen molar-refractivity contribution >= 4 is 11.9 Å². The molecule has 1 rings (SSSR count). The number of hydrogen-bond acceptors (Lipinski definition) is 3. The first kappa shape index (κ1) is 21.2. The molecule has 1 amide bonds. The smallest absolute Gasteiger partial charge is 0.410 e. The van der Waals surface area contributed by atoms with E-state index in [1.54, 1.807) is 4.90 Å². The Morgan fingerprint density at radius 1 is 1.04 bits per heavy atom. The lowest BCUT2D eigenvalue weighted by atomic mass is 9.84. The Hall–Kier alpha value is -1.84. The molecule has 0 atom stereocenters. The molecular weight excluding hydrogens is 314 g/mol. The summed E-state index contributed by atoms with van der Waals surface area (Å²) in [6.45, 7) is 12.7. The maximum atomic E-state index is 12.5. The van der Waals surface area contributed by atoms with Crippen molar-refractivity contribution in [1.29, 1.82) is 0 Å². The van der Waals surface area contributed by atoms with Crippen LogP contribution in [0.15, 0.2) is 30.3 Å². The summed E-state index contributed by atoms with van der Waals surface area (Å²) in [5.74, 6) is 0.188. The van der Waals surface area contributed by atoms with Crippen LogP contribution in [0.25, 0.3) is 0 Å². The van der Waals surface area contributed by atoms with Crippen LogP contribution in [0.5, 0.6) is 0 Å². The first-order valence-corrected chi connectivity index (χ1v) is 9.06. The molecule has 0 aliphatic rings. The third-order valence-corrected chi connectivity index (χ3v) is 4.16. The van der Waals surface area contributed by atoms with E-state index >= 15 is 0 Å². The maximum absolute atomic E-state index is 12.5. The predicted molar refractivity (Wildman–Crippen MR) is 101 cm³/mol. The number of carbonyl (C=O) groups excluding carboxylic acids is 2. The highest BCUT2D eigenvalue weighted by molar-refractivity contribution is 5.79. The maximum Gasteiger partial charge on any atom is 0.410 e. The van der Waals surface area contributed by atoms with E-state index in [-0.39, 0.29) is 17.3 Å². The second kappa shape index (κ2) is 9.02. The highest BCUT2D eigenvalue weighted by Crippen LogP contribution is 2.25. The summed E-state index contributed by atoms with van der Waals surface area (Å²) in [4.78, 5) is 26.4. The van der Waals surface area contributed by atoms with Crippen molar-refractivity contribution in [2.75, 3.05) is 6.54 Å². The van der Waals surface area contributed by atoms with E-state index in [2.05, 4.69) is 20.8 Å². The van der Waals surface area contributed by atoms with Gasteiger partial charge in [-0.05, 0) is 31.7 Å².